The number of aliphatic hydroxyl groups excluding tert-OH is 1. The minimum atomic E-state index is -0.508. The van der Waals surface area contributed by atoms with Gasteiger partial charge in [0.2, 0.25) is 6.20 Å². The van der Waals surface area contributed by atoms with E-state index in [1.54, 1.807) is 24.3 Å². The summed E-state index contributed by atoms with van der Waals surface area (Å²) in [5, 5.41) is 18.6. The highest BCUT2D eigenvalue weighted by Gasteiger charge is 1.94. The van der Waals surface area contributed by atoms with E-state index >= 15 is 0 Å². The summed E-state index contributed by atoms with van der Waals surface area (Å²) in [6.45, 7) is 0.560. The first-order chi connectivity index (χ1) is 7.72. The maximum atomic E-state index is 10.1. The number of hydrogen-bond donors (Lipinski definition) is 1. The van der Waals surface area contributed by atoms with Crippen molar-refractivity contribution in [2.24, 2.45) is 0 Å². The van der Waals surface area contributed by atoms with Crippen LogP contribution < -0.4 is 4.74 Å². The standard InChI is InChI=1S/C11H13NO4/c13-8-1-9-16-11-4-2-10(3-5-11)6-7-12(14)15/h2-7,13H,1,8-9H2/b7-6+. The van der Waals surface area contributed by atoms with Crippen molar-refractivity contribution < 1.29 is 14.8 Å². The SMILES string of the molecule is O=[N+]([O-])/C=C/c1ccc(OCCCO)cc1. The summed E-state index contributed by atoms with van der Waals surface area (Å²) >= 11 is 0. The second-order valence-electron chi connectivity index (χ2n) is 3.10. The Morgan fingerprint density at radius 3 is 2.62 bits per heavy atom. The lowest BCUT2D eigenvalue weighted by Gasteiger charge is -2.04. The van der Waals surface area contributed by atoms with E-state index in [1.165, 1.54) is 6.08 Å². The molecule has 0 heterocycles. The second-order valence-corrected chi connectivity index (χ2v) is 3.10. The average Bonchev–Trinajstić information content (AvgIpc) is 2.28. The molecule has 0 aliphatic rings. The van der Waals surface area contributed by atoms with Crippen molar-refractivity contribution in [1.82, 2.24) is 0 Å². The minimum absolute atomic E-state index is 0.101. The zero-order valence-corrected chi connectivity index (χ0v) is 8.70. The predicted octanol–water partition coefficient (Wildman–Crippen LogP) is 1.70. The van der Waals surface area contributed by atoms with E-state index in [1.807, 2.05) is 0 Å². The maximum Gasteiger partial charge on any atom is 0.235 e. The lowest BCUT2D eigenvalue weighted by Crippen LogP contribution is -1.99. The van der Waals surface area contributed by atoms with Gasteiger partial charge in [-0.25, -0.2) is 0 Å². The molecule has 16 heavy (non-hydrogen) atoms. The Bertz CT molecular complexity index is 359. The van der Waals surface area contributed by atoms with Crippen molar-refractivity contribution in [2.45, 2.75) is 6.42 Å². The monoisotopic (exact) mass is 223 g/mol. The normalized spacial score (nSPS) is 10.6. The molecule has 0 bridgehead atoms. The molecule has 0 saturated carbocycles. The smallest absolute Gasteiger partial charge is 0.235 e. The molecule has 1 N–H and O–H groups in total. The molecule has 0 aromatic heterocycles. The van der Waals surface area contributed by atoms with Gasteiger partial charge in [0.15, 0.2) is 0 Å². The van der Waals surface area contributed by atoms with Gasteiger partial charge in [0.25, 0.3) is 0 Å². The third-order valence-electron chi connectivity index (χ3n) is 1.84. The number of rotatable bonds is 6. The van der Waals surface area contributed by atoms with Crippen LogP contribution in [-0.4, -0.2) is 23.2 Å². The summed E-state index contributed by atoms with van der Waals surface area (Å²) in [4.78, 5) is 9.58. The van der Waals surface area contributed by atoms with Crippen molar-refractivity contribution in [1.29, 1.82) is 0 Å². The first-order valence-corrected chi connectivity index (χ1v) is 4.88. The molecular formula is C11H13NO4. The molecule has 5 nitrogen and oxygen atoms in total. The molecule has 1 rings (SSSR count). The van der Waals surface area contributed by atoms with Crippen LogP contribution >= 0.6 is 0 Å². The van der Waals surface area contributed by atoms with Crippen LogP contribution in [-0.2, 0) is 0 Å². The zero-order valence-electron chi connectivity index (χ0n) is 8.70. The maximum absolute atomic E-state index is 10.1. The third kappa shape index (κ3) is 4.56. The zero-order chi connectivity index (χ0) is 11.8. The summed E-state index contributed by atoms with van der Waals surface area (Å²) in [6, 6.07) is 6.93. The highest BCUT2D eigenvalue weighted by molar-refractivity contribution is 5.49. The van der Waals surface area contributed by atoms with Crippen LogP contribution in [0.3, 0.4) is 0 Å². The summed E-state index contributed by atoms with van der Waals surface area (Å²) in [7, 11) is 0. The molecule has 86 valence electrons. The van der Waals surface area contributed by atoms with Crippen LogP contribution in [0.2, 0.25) is 0 Å². The largest absolute Gasteiger partial charge is 0.494 e. The molecule has 5 heteroatoms. The van der Waals surface area contributed by atoms with Crippen LogP contribution in [0, 0.1) is 10.1 Å². The average molecular weight is 223 g/mol. The molecule has 0 aliphatic heterocycles. The van der Waals surface area contributed by atoms with Crippen molar-refractivity contribution in [2.75, 3.05) is 13.2 Å². The number of aliphatic hydroxyl groups is 1. The van der Waals surface area contributed by atoms with Crippen LogP contribution in [0.4, 0.5) is 0 Å². The fraction of sp³-hybridized carbons (Fsp3) is 0.273. The van der Waals surface area contributed by atoms with E-state index in [2.05, 4.69) is 0 Å². The summed E-state index contributed by atoms with van der Waals surface area (Å²) < 4.78 is 5.31. The van der Waals surface area contributed by atoms with Gasteiger partial charge in [-0.15, -0.1) is 0 Å². The van der Waals surface area contributed by atoms with Crippen molar-refractivity contribution in [3.8, 4) is 5.75 Å². The number of nitro groups is 1. The van der Waals surface area contributed by atoms with Gasteiger partial charge in [0, 0.05) is 19.1 Å². The van der Waals surface area contributed by atoms with Gasteiger partial charge in [-0.3, -0.25) is 10.1 Å². The van der Waals surface area contributed by atoms with Crippen LogP contribution in [0.15, 0.2) is 30.5 Å². The molecule has 1 aromatic rings. The second kappa shape index (κ2) is 6.58. The van der Waals surface area contributed by atoms with Crippen molar-refractivity contribution in [3.05, 3.63) is 46.1 Å². The first-order valence-electron chi connectivity index (χ1n) is 4.88. The summed E-state index contributed by atoms with van der Waals surface area (Å²) in [5.41, 5.74) is 0.742. The molecule has 0 aliphatic carbocycles. The van der Waals surface area contributed by atoms with Gasteiger partial charge in [-0.1, -0.05) is 12.1 Å². The summed E-state index contributed by atoms with van der Waals surface area (Å²) in [6.07, 6.45) is 2.89. The minimum Gasteiger partial charge on any atom is -0.494 e. The number of hydrogen-bond acceptors (Lipinski definition) is 4. The highest BCUT2D eigenvalue weighted by atomic mass is 16.6. The van der Waals surface area contributed by atoms with Crippen LogP contribution in [0.1, 0.15) is 12.0 Å². The van der Waals surface area contributed by atoms with Crippen LogP contribution in [0.5, 0.6) is 5.75 Å². The number of nitrogens with zero attached hydrogens (tertiary/aromatic N) is 1. The predicted molar refractivity (Wildman–Crippen MR) is 59.7 cm³/mol. The van der Waals surface area contributed by atoms with E-state index in [-0.39, 0.29) is 6.61 Å². The fourth-order valence-corrected chi connectivity index (χ4v) is 1.08. The van der Waals surface area contributed by atoms with E-state index in [0.717, 1.165) is 11.8 Å². The van der Waals surface area contributed by atoms with Gasteiger partial charge in [-0.05, 0) is 17.7 Å². The van der Waals surface area contributed by atoms with E-state index < -0.39 is 4.92 Å². The number of ether oxygens (including phenoxy) is 1. The third-order valence-corrected chi connectivity index (χ3v) is 1.84. The summed E-state index contributed by atoms with van der Waals surface area (Å²) in [5.74, 6) is 0.687. The molecule has 0 fully saturated rings. The van der Waals surface area contributed by atoms with E-state index in [0.29, 0.717) is 18.8 Å². The fourth-order valence-electron chi connectivity index (χ4n) is 1.08. The van der Waals surface area contributed by atoms with Crippen LogP contribution in [0.25, 0.3) is 6.08 Å². The molecule has 0 atom stereocenters. The Hall–Kier alpha value is -1.88. The van der Waals surface area contributed by atoms with E-state index in [9.17, 15) is 10.1 Å². The first kappa shape index (κ1) is 12.2. The Morgan fingerprint density at radius 1 is 1.38 bits per heavy atom. The molecule has 0 radical (unpaired) electrons. The Labute approximate surface area is 93.1 Å². The molecule has 0 spiro atoms. The van der Waals surface area contributed by atoms with Crippen molar-refractivity contribution in [3.63, 3.8) is 0 Å². The van der Waals surface area contributed by atoms with Gasteiger partial charge in [0.05, 0.1) is 11.5 Å². The Balaban J connectivity index is 2.51. The molecule has 1 aromatic carbocycles. The Morgan fingerprint density at radius 2 is 2.06 bits per heavy atom. The van der Waals surface area contributed by atoms with Gasteiger partial charge >= 0.3 is 0 Å². The molecule has 0 amide bonds. The number of benzene rings is 1. The quantitative estimate of drug-likeness (QED) is 0.452. The lowest BCUT2D eigenvalue weighted by molar-refractivity contribution is -0.400. The van der Waals surface area contributed by atoms with Gasteiger partial charge in [0.1, 0.15) is 5.75 Å². The van der Waals surface area contributed by atoms with Gasteiger partial charge < -0.3 is 9.84 Å². The topological polar surface area (TPSA) is 72.6 Å². The van der Waals surface area contributed by atoms with Crippen molar-refractivity contribution >= 4 is 6.08 Å². The molecule has 0 unspecified atom stereocenters. The highest BCUT2D eigenvalue weighted by Crippen LogP contribution is 2.13. The van der Waals surface area contributed by atoms with Gasteiger partial charge in [-0.2, -0.15) is 0 Å². The molecular weight excluding hydrogens is 210 g/mol. The lowest BCUT2D eigenvalue weighted by atomic mass is 10.2. The molecule has 0 saturated heterocycles. The van der Waals surface area contributed by atoms with E-state index in [4.69, 9.17) is 9.84 Å². The Kier molecular flexibility index (Phi) is 5.01.